The van der Waals surface area contributed by atoms with Crippen LogP contribution in [-0.4, -0.2) is 29.6 Å². The lowest BCUT2D eigenvalue weighted by Gasteiger charge is -2.16. The number of nitrogens with one attached hydrogen (secondary N) is 2. The number of rotatable bonds is 5. The number of hydrogen-bond donors (Lipinski definition) is 3. The Hall–Kier alpha value is -2.04. The average Bonchev–Trinajstić information content (AvgIpc) is 2.28. The number of hydrogen-bond acceptors (Lipinski definition) is 3. The van der Waals surface area contributed by atoms with E-state index in [-0.39, 0.29) is 12.5 Å². The van der Waals surface area contributed by atoms with E-state index in [1.807, 2.05) is 32.0 Å². The van der Waals surface area contributed by atoms with E-state index in [1.165, 1.54) is 6.92 Å². The highest BCUT2D eigenvalue weighted by atomic mass is 16.4. The first-order valence-electron chi connectivity index (χ1n) is 5.72. The van der Waals surface area contributed by atoms with Crippen molar-refractivity contribution in [3.05, 3.63) is 29.3 Å². The summed E-state index contributed by atoms with van der Waals surface area (Å²) in [5, 5.41) is 14.4. The van der Waals surface area contributed by atoms with Crippen LogP contribution in [0.3, 0.4) is 0 Å². The minimum absolute atomic E-state index is 0.152. The molecule has 0 fully saturated rings. The summed E-state index contributed by atoms with van der Waals surface area (Å²) in [7, 11) is 0. The second-order valence-electron chi connectivity index (χ2n) is 4.22. The van der Waals surface area contributed by atoms with Crippen molar-refractivity contribution < 1.29 is 14.7 Å². The minimum atomic E-state index is -1.05. The maximum atomic E-state index is 11.0. The Bertz CT molecular complexity index is 458. The van der Waals surface area contributed by atoms with Gasteiger partial charge in [0.2, 0.25) is 5.91 Å². The zero-order valence-corrected chi connectivity index (χ0v) is 10.8. The Balaban J connectivity index is 2.70. The molecule has 0 aromatic heterocycles. The highest BCUT2D eigenvalue weighted by Crippen LogP contribution is 2.17. The molecule has 0 aliphatic carbocycles. The second-order valence-corrected chi connectivity index (χ2v) is 4.22. The molecule has 1 rings (SSSR count). The summed E-state index contributed by atoms with van der Waals surface area (Å²) in [5.74, 6) is -1.41. The fourth-order valence-corrected chi connectivity index (χ4v) is 1.60. The lowest BCUT2D eigenvalue weighted by Crippen LogP contribution is -2.44. The fourth-order valence-electron chi connectivity index (χ4n) is 1.60. The third-order valence-corrected chi connectivity index (χ3v) is 2.78. The third kappa shape index (κ3) is 3.76. The number of aryl methyl sites for hydroxylation is 1. The van der Waals surface area contributed by atoms with E-state index >= 15 is 0 Å². The average molecular weight is 250 g/mol. The van der Waals surface area contributed by atoms with Gasteiger partial charge in [-0.05, 0) is 31.0 Å². The Labute approximate surface area is 106 Å². The summed E-state index contributed by atoms with van der Waals surface area (Å²) in [4.78, 5) is 21.8. The molecule has 1 atom stereocenters. The predicted octanol–water partition coefficient (Wildman–Crippen LogP) is 1.30. The first-order chi connectivity index (χ1) is 8.41. The standard InChI is InChI=1S/C13H18N2O3/c1-8-5-4-6-11(9(8)2)14-7-12(13(17)18)15-10(3)16/h4-6,12,14H,7H2,1-3H3,(H,15,16)(H,17,18). The Morgan fingerprint density at radius 2 is 2.00 bits per heavy atom. The molecule has 5 nitrogen and oxygen atoms in total. The molecule has 0 spiro atoms. The van der Waals surface area contributed by atoms with E-state index in [0.29, 0.717) is 0 Å². The van der Waals surface area contributed by atoms with Crippen molar-refractivity contribution in [1.82, 2.24) is 5.32 Å². The van der Waals surface area contributed by atoms with Gasteiger partial charge in [0, 0.05) is 19.2 Å². The summed E-state index contributed by atoms with van der Waals surface area (Å²) < 4.78 is 0. The number of aliphatic carboxylic acids is 1. The van der Waals surface area contributed by atoms with Crippen molar-refractivity contribution in [2.45, 2.75) is 26.8 Å². The molecule has 18 heavy (non-hydrogen) atoms. The lowest BCUT2D eigenvalue weighted by molar-refractivity contribution is -0.141. The van der Waals surface area contributed by atoms with Crippen molar-refractivity contribution in [1.29, 1.82) is 0 Å². The van der Waals surface area contributed by atoms with Gasteiger partial charge in [0.15, 0.2) is 0 Å². The van der Waals surface area contributed by atoms with Crippen molar-refractivity contribution >= 4 is 17.6 Å². The van der Waals surface area contributed by atoms with Crippen LogP contribution in [0.15, 0.2) is 18.2 Å². The van der Waals surface area contributed by atoms with Gasteiger partial charge in [0.05, 0.1) is 0 Å². The molecule has 1 unspecified atom stereocenters. The second kappa shape index (κ2) is 6.05. The topological polar surface area (TPSA) is 78.4 Å². The molecule has 1 aromatic rings. The monoisotopic (exact) mass is 250 g/mol. The number of anilines is 1. The zero-order valence-electron chi connectivity index (χ0n) is 10.8. The molecular formula is C13H18N2O3. The van der Waals surface area contributed by atoms with Gasteiger partial charge < -0.3 is 15.7 Å². The molecule has 5 heteroatoms. The molecule has 3 N–H and O–H groups in total. The van der Waals surface area contributed by atoms with Gasteiger partial charge in [0.1, 0.15) is 6.04 Å². The molecule has 0 bridgehead atoms. The molecule has 1 aromatic carbocycles. The summed E-state index contributed by atoms with van der Waals surface area (Å²) >= 11 is 0. The Morgan fingerprint density at radius 3 is 2.56 bits per heavy atom. The lowest BCUT2D eigenvalue weighted by atomic mass is 10.1. The zero-order chi connectivity index (χ0) is 13.7. The SMILES string of the molecule is CC(=O)NC(CNc1cccc(C)c1C)C(=O)O. The Kier molecular flexibility index (Phi) is 4.71. The maximum Gasteiger partial charge on any atom is 0.328 e. The van der Waals surface area contributed by atoms with Crippen molar-refractivity contribution in [2.24, 2.45) is 0 Å². The minimum Gasteiger partial charge on any atom is -0.480 e. The molecule has 0 saturated carbocycles. The normalized spacial score (nSPS) is 11.7. The van der Waals surface area contributed by atoms with Gasteiger partial charge in [-0.15, -0.1) is 0 Å². The maximum absolute atomic E-state index is 11.0. The van der Waals surface area contributed by atoms with Crippen molar-refractivity contribution in [3.8, 4) is 0 Å². The van der Waals surface area contributed by atoms with E-state index in [4.69, 9.17) is 5.11 Å². The molecule has 0 saturated heterocycles. The number of carbonyl (C=O) groups is 2. The highest BCUT2D eigenvalue weighted by Gasteiger charge is 2.18. The van der Waals surface area contributed by atoms with Gasteiger partial charge >= 0.3 is 5.97 Å². The largest absolute Gasteiger partial charge is 0.480 e. The number of benzene rings is 1. The molecule has 1 amide bonds. The van der Waals surface area contributed by atoms with Crippen LogP contribution in [0.4, 0.5) is 5.69 Å². The highest BCUT2D eigenvalue weighted by molar-refractivity contribution is 5.82. The first kappa shape index (κ1) is 14.0. The molecule has 0 aliphatic heterocycles. The van der Waals surface area contributed by atoms with E-state index in [0.717, 1.165) is 16.8 Å². The summed E-state index contributed by atoms with van der Waals surface area (Å²) in [6, 6.07) is 4.85. The summed E-state index contributed by atoms with van der Waals surface area (Å²) in [6.45, 7) is 5.40. The van der Waals surface area contributed by atoms with E-state index in [1.54, 1.807) is 0 Å². The van der Waals surface area contributed by atoms with E-state index < -0.39 is 12.0 Å². The van der Waals surface area contributed by atoms with Crippen LogP contribution in [0.2, 0.25) is 0 Å². The van der Waals surface area contributed by atoms with Crippen LogP contribution in [0.5, 0.6) is 0 Å². The molecule has 0 radical (unpaired) electrons. The molecular weight excluding hydrogens is 232 g/mol. The summed E-state index contributed by atoms with van der Waals surface area (Å²) in [5.41, 5.74) is 3.09. The smallest absolute Gasteiger partial charge is 0.328 e. The molecule has 0 aliphatic rings. The first-order valence-corrected chi connectivity index (χ1v) is 5.72. The Morgan fingerprint density at radius 1 is 1.33 bits per heavy atom. The van der Waals surface area contributed by atoms with Gasteiger partial charge in [-0.1, -0.05) is 12.1 Å². The van der Waals surface area contributed by atoms with Gasteiger partial charge in [-0.25, -0.2) is 4.79 Å². The van der Waals surface area contributed by atoms with Crippen LogP contribution in [0.25, 0.3) is 0 Å². The van der Waals surface area contributed by atoms with Gasteiger partial charge in [0.25, 0.3) is 0 Å². The van der Waals surface area contributed by atoms with Crippen molar-refractivity contribution in [3.63, 3.8) is 0 Å². The number of carboxylic acid groups (broad SMARTS) is 1. The predicted molar refractivity (Wildman–Crippen MR) is 69.6 cm³/mol. The number of carbonyl (C=O) groups excluding carboxylic acids is 1. The number of amides is 1. The number of carboxylic acids is 1. The van der Waals surface area contributed by atoms with Crippen molar-refractivity contribution in [2.75, 3.05) is 11.9 Å². The molecule has 98 valence electrons. The summed E-state index contributed by atoms with van der Waals surface area (Å²) in [6.07, 6.45) is 0. The van der Waals surface area contributed by atoms with Crippen LogP contribution in [-0.2, 0) is 9.59 Å². The van der Waals surface area contributed by atoms with E-state index in [9.17, 15) is 9.59 Å². The van der Waals surface area contributed by atoms with Gasteiger partial charge in [-0.2, -0.15) is 0 Å². The third-order valence-electron chi connectivity index (χ3n) is 2.78. The molecule has 0 heterocycles. The van der Waals surface area contributed by atoms with Crippen LogP contribution in [0.1, 0.15) is 18.1 Å². The van der Waals surface area contributed by atoms with Crippen LogP contribution < -0.4 is 10.6 Å². The fraction of sp³-hybridized carbons (Fsp3) is 0.385. The van der Waals surface area contributed by atoms with E-state index in [2.05, 4.69) is 10.6 Å². The quantitative estimate of drug-likeness (QED) is 0.736. The van der Waals surface area contributed by atoms with Crippen LogP contribution >= 0.6 is 0 Å². The van der Waals surface area contributed by atoms with Gasteiger partial charge in [-0.3, -0.25) is 4.79 Å². The van der Waals surface area contributed by atoms with Crippen LogP contribution in [0, 0.1) is 13.8 Å².